The van der Waals surface area contributed by atoms with Gasteiger partial charge in [0.1, 0.15) is 0 Å². The second kappa shape index (κ2) is 10.3. The quantitative estimate of drug-likeness (QED) is 0.128. The number of nitrogens with two attached hydrogens (primary N) is 2. The predicted octanol–water partition coefficient (Wildman–Crippen LogP) is 3.83. The molecule has 0 amide bonds. The number of nitrogens with one attached hydrogen (secondary N) is 3. The van der Waals surface area contributed by atoms with E-state index in [4.69, 9.17) is 22.3 Å². The third-order valence-corrected chi connectivity index (χ3v) is 4.41. The Hall–Kier alpha value is -3.09. The van der Waals surface area contributed by atoms with E-state index >= 15 is 0 Å². The maximum Gasteiger partial charge on any atom is 0.0862 e. The zero-order valence-corrected chi connectivity index (χ0v) is 16.5. The maximum atomic E-state index is 8.47. The van der Waals surface area contributed by atoms with Gasteiger partial charge in [0.05, 0.1) is 11.4 Å². The molecule has 0 spiro atoms. The van der Waals surface area contributed by atoms with Crippen LogP contribution in [0.15, 0.2) is 66.2 Å². The van der Waals surface area contributed by atoms with Gasteiger partial charge >= 0.3 is 0 Å². The molecular weight excluding hydrogens is 366 g/mol. The normalized spacial score (nSPS) is 11.9. The minimum atomic E-state index is 0.137. The van der Waals surface area contributed by atoms with E-state index in [0.29, 0.717) is 22.5 Å². The monoisotopic (exact) mass is 391 g/mol. The van der Waals surface area contributed by atoms with Crippen molar-refractivity contribution in [3.8, 4) is 0 Å². The van der Waals surface area contributed by atoms with Gasteiger partial charge in [-0.2, -0.15) is 12.6 Å². The molecule has 0 saturated carbocycles. The van der Waals surface area contributed by atoms with E-state index in [-0.39, 0.29) is 5.71 Å². The molecule has 28 heavy (non-hydrogen) atoms. The van der Waals surface area contributed by atoms with Crippen molar-refractivity contribution in [2.75, 3.05) is 12.3 Å². The largest absolute Gasteiger partial charge is 0.398 e. The number of nitrogen functional groups attached to an aromatic ring is 1. The first-order chi connectivity index (χ1) is 13.5. The fraction of sp³-hybridized carbons (Fsp3) is 0.0909. The van der Waals surface area contributed by atoms with E-state index in [1.54, 1.807) is 24.3 Å². The molecule has 0 unspecified atom stereocenters. The Kier molecular flexibility index (Phi) is 7.80. The number of benzene rings is 2. The molecule has 2 aromatic carbocycles. The van der Waals surface area contributed by atoms with E-state index in [9.17, 15) is 0 Å². The molecule has 0 saturated heterocycles. The van der Waals surface area contributed by atoms with Crippen LogP contribution < -0.4 is 16.8 Å². The molecule has 0 aliphatic rings. The van der Waals surface area contributed by atoms with Crippen LogP contribution in [-0.4, -0.2) is 18.5 Å². The fourth-order valence-electron chi connectivity index (χ4n) is 2.67. The molecule has 0 heterocycles. The molecular formula is C22H25N5S. The predicted molar refractivity (Wildman–Crippen MR) is 124 cm³/mol. The summed E-state index contributed by atoms with van der Waals surface area (Å²) in [6, 6.07) is 13.2. The second-order valence-electron chi connectivity index (χ2n) is 6.17. The lowest BCUT2D eigenvalue weighted by molar-refractivity contribution is 0.760. The van der Waals surface area contributed by atoms with Gasteiger partial charge in [0.25, 0.3) is 0 Å². The van der Waals surface area contributed by atoms with E-state index in [0.717, 1.165) is 29.8 Å². The summed E-state index contributed by atoms with van der Waals surface area (Å²) in [6.45, 7) is 5.15. The standard InChI is InChI=1S/C22H25N5S/c1-2-8-27-13-16-5-3-4-15(9-16)10-21(25)22(26)19-11-17(6-7-20(19)24)18(12-23)14-28/h2-7,9-12,14,23,26-28H,1,8,13,24-25H2/b18-14+,21-10-,23-12?,26-22?. The van der Waals surface area contributed by atoms with Crippen molar-refractivity contribution in [3.63, 3.8) is 0 Å². The van der Waals surface area contributed by atoms with Gasteiger partial charge in [0.15, 0.2) is 0 Å². The van der Waals surface area contributed by atoms with Crippen molar-refractivity contribution < 1.29 is 0 Å². The van der Waals surface area contributed by atoms with Crippen LogP contribution in [0.4, 0.5) is 5.69 Å². The van der Waals surface area contributed by atoms with Crippen molar-refractivity contribution in [1.29, 1.82) is 10.8 Å². The van der Waals surface area contributed by atoms with Crippen LogP contribution in [0, 0.1) is 10.8 Å². The zero-order chi connectivity index (χ0) is 20.5. The molecule has 0 bridgehead atoms. The lowest BCUT2D eigenvalue weighted by Gasteiger charge is -2.11. The molecule has 144 valence electrons. The first kappa shape index (κ1) is 21.2. The van der Waals surface area contributed by atoms with Crippen molar-refractivity contribution in [2.45, 2.75) is 6.54 Å². The van der Waals surface area contributed by atoms with Crippen LogP contribution in [0.25, 0.3) is 11.6 Å². The summed E-state index contributed by atoms with van der Waals surface area (Å²) in [5, 5.41) is 20.7. The van der Waals surface area contributed by atoms with Crippen molar-refractivity contribution in [1.82, 2.24) is 5.32 Å². The van der Waals surface area contributed by atoms with Crippen LogP contribution in [0.3, 0.4) is 0 Å². The highest BCUT2D eigenvalue weighted by molar-refractivity contribution is 7.83. The molecule has 2 aromatic rings. The first-order valence-corrected chi connectivity index (χ1v) is 9.23. The number of anilines is 1. The molecule has 2 rings (SSSR count). The summed E-state index contributed by atoms with van der Waals surface area (Å²) < 4.78 is 0. The van der Waals surface area contributed by atoms with Gasteiger partial charge in [-0.05, 0) is 40.3 Å². The molecule has 0 atom stereocenters. The highest BCUT2D eigenvalue weighted by Gasteiger charge is 2.11. The molecule has 0 radical (unpaired) electrons. The summed E-state index contributed by atoms with van der Waals surface area (Å²) in [6.07, 6.45) is 4.78. The van der Waals surface area contributed by atoms with Crippen molar-refractivity contribution in [2.24, 2.45) is 5.73 Å². The van der Waals surface area contributed by atoms with Crippen LogP contribution in [-0.2, 0) is 6.54 Å². The van der Waals surface area contributed by atoms with Crippen LogP contribution in [0.2, 0.25) is 0 Å². The SMILES string of the molecule is C=CCNCc1cccc(/C=C(\N)C(=N)c2cc(/C(C=N)=C/S)ccc2N)c1. The summed E-state index contributed by atoms with van der Waals surface area (Å²) in [5.74, 6) is 0. The molecule has 0 aliphatic heterocycles. The summed E-state index contributed by atoms with van der Waals surface area (Å²) in [5.41, 5.74) is 17.1. The molecule has 0 aliphatic carbocycles. The third-order valence-electron chi connectivity index (χ3n) is 4.13. The Morgan fingerprint density at radius 2 is 2.00 bits per heavy atom. The number of allylic oxidation sites excluding steroid dienone is 2. The van der Waals surface area contributed by atoms with Crippen LogP contribution in [0.1, 0.15) is 22.3 Å². The van der Waals surface area contributed by atoms with Gasteiger partial charge in [0, 0.05) is 36.1 Å². The van der Waals surface area contributed by atoms with Crippen molar-refractivity contribution in [3.05, 3.63) is 88.5 Å². The number of hydrogen-bond donors (Lipinski definition) is 6. The Morgan fingerprint density at radius 1 is 1.21 bits per heavy atom. The lowest BCUT2D eigenvalue weighted by atomic mass is 9.98. The second-order valence-corrected chi connectivity index (χ2v) is 6.43. The van der Waals surface area contributed by atoms with Crippen molar-refractivity contribution >= 4 is 41.9 Å². The summed E-state index contributed by atoms with van der Waals surface area (Å²) in [7, 11) is 0. The Balaban J connectivity index is 2.29. The minimum Gasteiger partial charge on any atom is -0.398 e. The average Bonchev–Trinajstić information content (AvgIpc) is 2.70. The van der Waals surface area contributed by atoms with Gasteiger partial charge in [0.2, 0.25) is 0 Å². The Morgan fingerprint density at radius 3 is 2.68 bits per heavy atom. The lowest BCUT2D eigenvalue weighted by Crippen LogP contribution is -2.14. The van der Waals surface area contributed by atoms with Crippen LogP contribution >= 0.6 is 12.6 Å². The molecule has 5 nitrogen and oxygen atoms in total. The van der Waals surface area contributed by atoms with Gasteiger partial charge < -0.3 is 22.2 Å². The van der Waals surface area contributed by atoms with E-state index in [1.807, 2.05) is 30.3 Å². The molecule has 6 heteroatoms. The minimum absolute atomic E-state index is 0.137. The molecule has 0 fully saturated rings. The molecule has 7 N–H and O–H groups in total. The van der Waals surface area contributed by atoms with Gasteiger partial charge in [-0.25, -0.2) is 0 Å². The summed E-state index contributed by atoms with van der Waals surface area (Å²) in [4.78, 5) is 0. The van der Waals surface area contributed by atoms with E-state index < -0.39 is 0 Å². The fourth-order valence-corrected chi connectivity index (χ4v) is 2.89. The zero-order valence-electron chi connectivity index (χ0n) is 15.6. The van der Waals surface area contributed by atoms with Crippen LogP contribution in [0.5, 0.6) is 0 Å². The number of hydrogen-bond acceptors (Lipinski definition) is 6. The van der Waals surface area contributed by atoms with Gasteiger partial charge in [-0.3, -0.25) is 5.41 Å². The Labute approximate surface area is 171 Å². The van der Waals surface area contributed by atoms with E-state index in [1.165, 1.54) is 11.6 Å². The number of thiol groups is 1. The highest BCUT2D eigenvalue weighted by Crippen LogP contribution is 2.22. The Bertz CT molecular complexity index is 944. The smallest absolute Gasteiger partial charge is 0.0862 e. The third kappa shape index (κ3) is 5.45. The molecule has 0 aromatic heterocycles. The highest BCUT2D eigenvalue weighted by atomic mass is 32.1. The van der Waals surface area contributed by atoms with Gasteiger partial charge in [-0.1, -0.05) is 36.4 Å². The summed E-state index contributed by atoms with van der Waals surface area (Å²) >= 11 is 4.12. The topological polar surface area (TPSA) is 112 Å². The van der Waals surface area contributed by atoms with E-state index in [2.05, 4.69) is 24.5 Å². The van der Waals surface area contributed by atoms with Gasteiger partial charge in [-0.15, -0.1) is 6.58 Å². The number of rotatable bonds is 9. The first-order valence-electron chi connectivity index (χ1n) is 8.72. The average molecular weight is 392 g/mol. The maximum absolute atomic E-state index is 8.47.